The first-order chi connectivity index (χ1) is 6.86. The molecule has 1 saturated heterocycles. The zero-order valence-corrected chi connectivity index (χ0v) is 9.44. The molecule has 0 amide bonds. The smallest absolute Gasteiger partial charge is 0.0388 e. The highest BCUT2D eigenvalue weighted by Crippen LogP contribution is 2.19. The van der Waals surface area contributed by atoms with Gasteiger partial charge >= 0.3 is 0 Å². The molecule has 78 valence electrons. The Morgan fingerprint density at radius 3 is 3.21 bits per heavy atom. The summed E-state index contributed by atoms with van der Waals surface area (Å²) in [7, 11) is 0. The summed E-state index contributed by atoms with van der Waals surface area (Å²) in [6, 6.07) is 5.48. The predicted octanol–water partition coefficient (Wildman–Crippen LogP) is 2.15. The normalized spacial score (nSPS) is 24.8. The van der Waals surface area contributed by atoms with Crippen molar-refractivity contribution in [2.45, 2.75) is 31.8 Å². The van der Waals surface area contributed by atoms with E-state index in [1.165, 1.54) is 24.3 Å². The summed E-state index contributed by atoms with van der Waals surface area (Å²) in [6.45, 7) is 4.56. The van der Waals surface area contributed by atoms with Crippen molar-refractivity contribution in [1.29, 1.82) is 0 Å². The molecule has 1 aliphatic rings. The molecule has 0 aliphatic carbocycles. The lowest BCUT2D eigenvalue weighted by Gasteiger charge is -2.26. The number of hydrogen-bond acceptors (Lipinski definition) is 3. The van der Waals surface area contributed by atoms with Crippen LogP contribution in [0.4, 0.5) is 0 Å². The van der Waals surface area contributed by atoms with Crippen LogP contribution in [-0.2, 0) is 0 Å². The summed E-state index contributed by atoms with van der Waals surface area (Å²) in [5.41, 5.74) is 0. The van der Waals surface area contributed by atoms with Crippen molar-refractivity contribution in [3.05, 3.63) is 22.4 Å². The van der Waals surface area contributed by atoms with E-state index in [1.54, 1.807) is 0 Å². The van der Waals surface area contributed by atoms with Crippen molar-refractivity contribution in [3.63, 3.8) is 0 Å². The molecule has 3 heteroatoms. The van der Waals surface area contributed by atoms with E-state index in [2.05, 4.69) is 35.1 Å². The van der Waals surface area contributed by atoms with Crippen LogP contribution in [0, 0.1) is 0 Å². The van der Waals surface area contributed by atoms with Gasteiger partial charge in [-0.1, -0.05) is 6.07 Å². The lowest BCUT2D eigenvalue weighted by atomic mass is 10.1. The largest absolute Gasteiger partial charge is 0.315 e. The predicted molar refractivity (Wildman–Crippen MR) is 61.8 cm³/mol. The van der Waals surface area contributed by atoms with Crippen LogP contribution in [0.5, 0.6) is 0 Å². The van der Waals surface area contributed by atoms with E-state index < -0.39 is 0 Å². The van der Waals surface area contributed by atoms with Gasteiger partial charge < -0.3 is 10.6 Å². The number of thiophene rings is 1. The van der Waals surface area contributed by atoms with Gasteiger partial charge in [-0.05, 0) is 37.8 Å². The van der Waals surface area contributed by atoms with Crippen LogP contribution < -0.4 is 10.6 Å². The van der Waals surface area contributed by atoms with Gasteiger partial charge in [0, 0.05) is 23.5 Å². The average Bonchev–Trinajstić information content (AvgIpc) is 2.72. The molecule has 1 fully saturated rings. The molecule has 0 bridgehead atoms. The number of nitrogens with one attached hydrogen (secondary N) is 2. The molecule has 2 heterocycles. The molecule has 1 unspecified atom stereocenters. The topological polar surface area (TPSA) is 24.1 Å². The zero-order valence-electron chi connectivity index (χ0n) is 8.62. The number of piperidine rings is 1. The maximum absolute atomic E-state index is 3.67. The molecule has 0 aromatic carbocycles. The fourth-order valence-corrected chi connectivity index (χ4v) is 2.71. The van der Waals surface area contributed by atoms with Crippen molar-refractivity contribution in [2.75, 3.05) is 13.1 Å². The van der Waals surface area contributed by atoms with E-state index in [1.807, 2.05) is 11.3 Å². The third-order valence-electron chi connectivity index (χ3n) is 2.75. The Kier molecular flexibility index (Phi) is 3.56. The van der Waals surface area contributed by atoms with Crippen LogP contribution in [0.15, 0.2) is 17.5 Å². The lowest BCUT2D eigenvalue weighted by Crippen LogP contribution is -2.43. The molecule has 0 saturated carbocycles. The SMILES string of the molecule is CC(N[C@H]1CCCNC1)c1cccs1. The Balaban J connectivity index is 1.84. The van der Waals surface area contributed by atoms with Crippen LogP contribution >= 0.6 is 11.3 Å². The first-order valence-corrected chi connectivity index (χ1v) is 6.24. The highest BCUT2D eigenvalue weighted by atomic mass is 32.1. The van der Waals surface area contributed by atoms with E-state index in [0.29, 0.717) is 12.1 Å². The third kappa shape index (κ3) is 2.56. The Bertz CT molecular complexity index is 252. The summed E-state index contributed by atoms with van der Waals surface area (Å²) in [6.07, 6.45) is 2.61. The van der Waals surface area contributed by atoms with Gasteiger partial charge in [0.05, 0.1) is 0 Å². The molecule has 1 aliphatic heterocycles. The minimum absolute atomic E-state index is 0.500. The molecule has 2 N–H and O–H groups in total. The molecule has 0 spiro atoms. The first-order valence-electron chi connectivity index (χ1n) is 5.36. The molecule has 1 aromatic heterocycles. The van der Waals surface area contributed by atoms with Crippen molar-refractivity contribution in [1.82, 2.24) is 10.6 Å². The van der Waals surface area contributed by atoms with Gasteiger partial charge in [-0.25, -0.2) is 0 Å². The number of hydrogen-bond donors (Lipinski definition) is 2. The van der Waals surface area contributed by atoms with Gasteiger partial charge in [-0.2, -0.15) is 0 Å². The molecule has 2 atom stereocenters. The van der Waals surface area contributed by atoms with Crippen molar-refractivity contribution in [3.8, 4) is 0 Å². The van der Waals surface area contributed by atoms with Crippen LogP contribution in [0.25, 0.3) is 0 Å². The second-order valence-electron chi connectivity index (χ2n) is 3.95. The van der Waals surface area contributed by atoms with Gasteiger partial charge in [-0.3, -0.25) is 0 Å². The fraction of sp³-hybridized carbons (Fsp3) is 0.636. The molecule has 14 heavy (non-hydrogen) atoms. The summed E-state index contributed by atoms with van der Waals surface area (Å²) in [5, 5.41) is 9.24. The first kappa shape index (κ1) is 10.1. The minimum atomic E-state index is 0.500. The summed E-state index contributed by atoms with van der Waals surface area (Å²) >= 11 is 1.84. The Hall–Kier alpha value is -0.380. The van der Waals surface area contributed by atoms with E-state index in [4.69, 9.17) is 0 Å². The second-order valence-corrected chi connectivity index (χ2v) is 4.93. The molecule has 1 aromatic rings. The van der Waals surface area contributed by atoms with Crippen LogP contribution in [0.2, 0.25) is 0 Å². The van der Waals surface area contributed by atoms with E-state index in [-0.39, 0.29) is 0 Å². The van der Waals surface area contributed by atoms with Gasteiger partial charge in [0.15, 0.2) is 0 Å². The molecule has 2 rings (SSSR count). The van der Waals surface area contributed by atoms with Gasteiger partial charge in [0.2, 0.25) is 0 Å². The quantitative estimate of drug-likeness (QED) is 0.799. The van der Waals surface area contributed by atoms with Gasteiger partial charge in [0.25, 0.3) is 0 Å². The Morgan fingerprint density at radius 2 is 2.57 bits per heavy atom. The average molecular weight is 210 g/mol. The maximum Gasteiger partial charge on any atom is 0.0388 e. The third-order valence-corrected chi connectivity index (χ3v) is 3.81. The fourth-order valence-electron chi connectivity index (χ4n) is 1.97. The van der Waals surface area contributed by atoms with Crippen LogP contribution in [0.1, 0.15) is 30.7 Å². The summed E-state index contributed by atoms with van der Waals surface area (Å²) in [4.78, 5) is 1.44. The van der Waals surface area contributed by atoms with E-state index in [9.17, 15) is 0 Å². The maximum atomic E-state index is 3.67. The summed E-state index contributed by atoms with van der Waals surface area (Å²) in [5.74, 6) is 0. The van der Waals surface area contributed by atoms with Crippen LogP contribution in [-0.4, -0.2) is 19.1 Å². The van der Waals surface area contributed by atoms with Crippen molar-refractivity contribution >= 4 is 11.3 Å². The van der Waals surface area contributed by atoms with Crippen LogP contribution in [0.3, 0.4) is 0 Å². The molecule has 2 nitrogen and oxygen atoms in total. The molecule has 0 radical (unpaired) electrons. The van der Waals surface area contributed by atoms with Gasteiger partial charge in [-0.15, -0.1) is 11.3 Å². The van der Waals surface area contributed by atoms with Gasteiger partial charge in [0.1, 0.15) is 0 Å². The highest BCUT2D eigenvalue weighted by molar-refractivity contribution is 7.10. The Morgan fingerprint density at radius 1 is 1.64 bits per heavy atom. The monoisotopic (exact) mass is 210 g/mol. The lowest BCUT2D eigenvalue weighted by molar-refractivity contribution is 0.364. The standard InChI is InChI=1S/C11H18N2S/c1-9(11-5-3-7-14-11)13-10-4-2-6-12-8-10/h3,5,7,9-10,12-13H,2,4,6,8H2,1H3/t9?,10-/m0/s1. The molecular weight excluding hydrogens is 192 g/mol. The number of rotatable bonds is 3. The van der Waals surface area contributed by atoms with Crippen molar-refractivity contribution in [2.24, 2.45) is 0 Å². The molecular formula is C11H18N2S. The van der Waals surface area contributed by atoms with E-state index in [0.717, 1.165) is 6.54 Å². The highest BCUT2D eigenvalue weighted by Gasteiger charge is 2.15. The second kappa shape index (κ2) is 4.91. The Labute approximate surface area is 89.7 Å². The van der Waals surface area contributed by atoms with Crippen molar-refractivity contribution < 1.29 is 0 Å². The minimum Gasteiger partial charge on any atom is -0.315 e. The van der Waals surface area contributed by atoms with E-state index >= 15 is 0 Å². The zero-order chi connectivity index (χ0) is 9.80. The summed E-state index contributed by atoms with van der Waals surface area (Å²) < 4.78 is 0.